The molecule has 14 heavy (non-hydrogen) atoms. The number of hydrogen-bond donors (Lipinski definition) is 2. The molecule has 1 aromatic heterocycles. The Kier molecular flexibility index (Phi) is 1.99. The van der Waals surface area contributed by atoms with E-state index in [9.17, 15) is 4.79 Å². The number of nitrogen functional groups attached to an aromatic ring is 1. The van der Waals surface area contributed by atoms with Gasteiger partial charge in [-0.15, -0.1) is 0 Å². The molecule has 1 fully saturated rings. The van der Waals surface area contributed by atoms with Crippen molar-refractivity contribution in [3.05, 3.63) is 18.0 Å². The molecule has 1 aliphatic rings. The number of amides is 1. The third kappa shape index (κ3) is 1.76. The number of carbonyl (C=O) groups excluding carboxylic acids is 1. The Labute approximate surface area is 81.1 Å². The number of pyridine rings is 1. The van der Waals surface area contributed by atoms with Gasteiger partial charge in [-0.05, 0) is 18.9 Å². The lowest BCUT2D eigenvalue weighted by Crippen LogP contribution is -2.13. The van der Waals surface area contributed by atoms with Gasteiger partial charge in [-0.2, -0.15) is 0 Å². The molecular weight excluding hydrogens is 182 g/mol. The van der Waals surface area contributed by atoms with E-state index in [0.29, 0.717) is 11.4 Å². The topological polar surface area (TPSA) is 91.2 Å². The van der Waals surface area contributed by atoms with E-state index in [1.165, 1.54) is 12.3 Å². The van der Waals surface area contributed by atoms with Crippen molar-refractivity contribution in [2.75, 3.05) is 5.73 Å². The molecule has 1 heterocycles. The number of nitrogens with two attached hydrogens (primary N) is 2. The highest BCUT2D eigenvalue weighted by atomic mass is 16.5. The Balaban J connectivity index is 2.21. The maximum absolute atomic E-state index is 10.8. The van der Waals surface area contributed by atoms with E-state index in [-0.39, 0.29) is 11.8 Å². The average Bonchev–Trinajstić information content (AvgIpc) is 2.92. The molecule has 4 N–H and O–H groups in total. The van der Waals surface area contributed by atoms with Crippen LogP contribution in [0.25, 0.3) is 0 Å². The summed E-state index contributed by atoms with van der Waals surface area (Å²) in [6, 6.07) is 1.43. The molecule has 0 aliphatic heterocycles. The summed E-state index contributed by atoms with van der Waals surface area (Å²) in [6.07, 6.45) is 3.81. The average molecular weight is 193 g/mol. The van der Waals surface area contributed by atoms with Gasteiger partial charge in [0.15, 0.2) is 5.75 Å². The predicted octanol–water partition coefficient (Wildman–Crippen LogP) is 0.304. The molecule has 0 atom stereocenters. The third-order valence-electron chi connectivity index (χ3n) is 1.97. The fraction of sp³-hybridized carbons (Fsp3) is 0.333. The number of rotatable bonds is 3. The van der Waals surface area contributed by atoms with Crippen LogP contribution < -0.4 is 16.2 Å². The molecule has 5 nitrogen and oxygen atoms in total. The van der Waals surface area contributed by atoms with Crippen molar-refractivity contribution in [3.8, 4) is 5.75 Å². The Hall–Kier alpha value is -1.78. The van der Waals surface area contributed by atoms with Crippen LogP contribution in [0, 0.1) is 0 Å². The molecule has 1 amide bonds. The third-order valence-corrected chi connectivity index (χ3v) is 1.97. The van der Waals surface area contributed by atoms with E-state index >= 15 is 0 Å². The molecule has 0 aromatic carbocycles. The summed E-state index contributed by atoms with van der Waals surface area (Å²) in [5.41, 5.74) is 11.3. The first kappa shape index (κ1) is 8.80. The lowest BCUT2D eigenvalue weighted by molar-refractivity contribution is 0.0995. The van der Waals surface area contributed by atoms with Crippen LogP contribution in [-0.2, 0) is 0 Å². The standard InChI is InChI=1S/C9H11N3O2/c10-6-3-7(9(11)13)12-4-8(6)14-5-1-2-5/h3-5H,1-2H2,(H2,10,12)(H2,11,13). The molecule has 5 heteroatoms. The predicted molar refractivity (Wildman–Crippen MR) is 50.8 cm³/mol. The number of hydrogen-bond acceptors (Lipinski definition) is 4. The lowest BCUT2D eigenvalue weighted by atomic mass is 10.3. The maximum atomic E-state index is 10.8. The molecule has 0 bridgehead atoms. The number of anilines is 1. The SMILES string of the molecule is NC(=O)c1cc(N)c(OC2CC2)cn1. The molecule has 0 unspecified atom stereocenters. The zero-order chi connectivity index (χ0) is 10.1. The summed E-state index contributed by atoms with van der Waals surface area (Å²) in [5, 5.41) is 0. The Morgan fingerprint density at radius 2 is 2.29 bits per heavy atom. The highest BCUT2D eigenvalue weighted by molar-refractivity contribution is 5.91. The van der Waals surface area contributed by atoms with Gasteiger partial charge in [0.05, 0.1) is 18.0 Å². The quantitative estimate of drug-likeness (QED) is 0.722. The summed E-state index contributed by atoms with van der Waals surface area (Å²) in [4.78, 5) is 14.6. The molecule has 0 radical (unpaired) electrons. The van der Waals surface area contributed by atoms with E-state index < -0.39 is 5.91 Å². The Morgan fingerprint density at radius 3 is 2.79 bits per heavy atom. The van der Waals surface area contributed by atoms with Crippen molar-refractivity contribution >= 4 is 11.6 Å². The van der Waals surface area contributed by atoms with Crippen LogP contribution in [0.4, 0.5) is 5.69 Å². The van der Waals surface area contributed by atoms with Crippen molar-refractivity contribution in [2.24, 2.45) is 5.73 Å². The largest absolute Gasteiger partial charge is 0.487 e. The fourth-order valence-corrected chi connectivity index (χ4v) is 1.06. The van der Waals surface area contributed by atoms with E-state index in [4.69, 9.17) is 16.2 Å². The normalized spacial score (nSPS) is 15.1. The summed E-state index contributed by atoms with van der Waals surface area (Å²) in [6.45, 7) is 0. The van der Waals surface area contributed by atoms with Gasteiger partial charge < -0.3 is 16.2 Å². The van der Waals surface area contributed by atoms with Crippen LogP contribution >= 0.6 is 0 Å². The van der Waals surface area contributed by atoms with Gasteiger partial charge in [0.2, 0.25) is 0 Å². The number of primary amides is 1. The van der Waals surface area contributed by atoms with Crippen LogP contribution in [-0.4, -0.2) is 17.0 Å². The molecule has 0 spiro atoms. The summed E-state index contributed by atoms with van der Waals surface area (Å²) < 4.78 is 5.45. The monoisotopic (exact) mass is 193 g/mol. The second kappa shape index (κ2) is 3.17. The van der Waals surface area contributed by atoms with E-state index in [1.54, 1.807) is 0 Å². The minimum absolute atomic E-state index is 0.158. The zero-order valence-corrected chi connectivity index (χ0v) is 7.56. The molecule has 1 aromatic rings. The first-order valence-corrected chi connectivity index (χ1v) is 4.39. The van der Waals surface area contributed by atoms with Crippen molar-refractivity contribution in [1.29, 1.82) is 0 Å². The number of ether oxygens (including phenoxy) is 1. The van der Waals surface area contributed by atoms with Crippen LogP contribution in [0.5, 0.6) is 5.75 Å². The van der Waals surface area contributed by atoms with Gasteiger partial charge in [0.1, 0.15) is 5.69 Å². The lowest BCUT2D eigenvalue weighted by Gasteiger charge is -2.07. The minimum atomic E-state index is -0.588. The molecule has 0 saturated heterocycles. The number of carbonyl (C=O) groups is 1. The maximum Gasteiger partial charge on any atom is 0.267 e. The van der Waals surface area contributed by atoms with Crippen molar-refractivity contribution in [1.82, 2.24) is 4.98 Å². The molecule has 74 valence electrons. The van der Waals surface area contributed by atoms with Gasteiger partial charge in [0, 0.05) is 0 Å². The van der Waals surface area contributed by atoms with Crippen LogP contribution in [0.1, 0.15) is 23.3 Å². The van der Waals surface area contributed by atoms with Crippen molar-refractivity contribution < 1.29 is 9.53 Å². The first-order valence-electron chi connectivity index (χ1n) is 4.39. The van der Waals surface area contributed by atoms with E-state index in [2.05, 4.69) is 4.98 Å². The van der Waals surface area contributed by atoms with Gasteiger partial charge in [-0.1, -0.05) is 0 Å². The Morgan fingerprint density at radius 1 is 1.57 bits per heavy atom. The zero-order valence-electron chi connectivity index (χ0n) is 7.56. The highest BCUT2D eigenvalue weighted by Crippen LogP contribution is 2.29. The summed E-state index contributed by atoms with van der Waals surface area (Å²) in [5.74, 6) is -0.0628. The van der Waals surface area contributed by atoms with Gasteiger partial charge >= 0.3 is 0 Å². The molecule has 2 rings (SSSR count). The molecule has 1 aliphatic carbocycles. The van der Waals surface area contributed by atoms with Gasteiger partial charge in [0.25, 0.3) is 5.91 Å². The van der Waals surface area contributed by atoms with Crippen molar-refractivity contribution in [3.63, 3.8) is 0 Å². The number of nitrogens with zero attached hydrogens (tertiary/aromatic N) is 1. The van der Waals surface area contributed by atoms with Crippen LogP contribution in [0.15, 0.2) is 12.3 Å². The second-order valence-corrected chi connectivity index (χ2v) is 3.29. The van der Waals surface area contributed by atoms with Crippen molar-refractivity contribution in [2.45, 2.75) is 18.9 Å². The molecule has 1 saturated carbocycles. The van der Waals surface area contributed by atoms with Gasteiger partial charge in [-0.3, -0.25) is 4.79 Å². The smallest absolute Gasteiger partial charge is 0.267 e. The van der Waals surface area contributed by atoms with Crippen LogP contribution in [0.2, 0.25) is 0 Å². The highest BCUT2D eigenvalue weighted by Gasteiger charge is 2.24. The van der Waals surface area contributed by atoms with Crippen LogP contribution in [0.3, 0.4) is 0 Å². The molecular formula is C9H11N3O2. The van der Waals surface area contributed by atoms with E-state index in [1.807, 2.05) is 0 Å². The first-order chi connectivity index (χ1) is 6.66. The number of aromatic nitrogens is 1. The fourth-order valence-electron chi connectivity index (χ4n) is 1.06. The summed E-state index contributed by atoms with van der Waals surface area (Å²) in [7, 11) is 0. The summed E-state index contributed by atoms with van der Waals surface area (Å²) >= 11 is 0. The van der Waals surface area contributed by atoms with Gasteiger partial charge in [-0.25, -0.2) is 4.98 Å². The minimum Gasteiger partial charge on any atom is -0.487 e. The Bertz CT molecular complexity index is 374. The van der Waals surface area contributed by atoms with E-state index in [0.717, 1.165) is 12.8 Å². The second-order valence-electron chi connectivity index (χ2n) is 3.29.